The van der Waals surface area contributed by atoms with Gasteiger partial charge in [0.15, 0.2) is 0 Å². The Hall–Kier alpha value is -1.07. The third-order valence-corrected chi connectivity index (χ3v) is 5.77. The van der Waals surface area contributed by atoms with Gasteiger partial charge in [-0.2, -0.15) is 0 Å². The van der Waals surface area contributed by atoms with Crippen LogP contribution in [0.25, 0.3) is 10.1 Å². The SMILES string of the molecule is CC1CCC(NC(=O)c2sc3cccc(Br)c3c2N)C1. The minimum Gasteiger partial charge on any atom is -0.397 e. The Morgan fingerprint density at radius 2 is 2.25 bits per heavy atom. The summed E-state index contributed by atoms with van der Waals surface area (Å²) in [5.41, 5.74) is 6.75. The number of halogens is 1. The molecule has 1 heterocycles. The maximum atomic E-state index is 12.4. The van der Waals surface area contributed by atoms with Crippen LogP contribution in [0.15, 0.2) is 22.7 Å². The van der Waals surface area contributed by atoms with E-state index < -0.39 is 0 Å². The number of benzene rings is 1. The molecule has 0 aliphatic heterocycles. The molecule has 1 aliphatic carbocycles. The minimum atomic E-state index is -0.0327. The summed E-state index contributed by atoms with van der Waals surface area (Å²) >= 11 is 4.96. The zero-order valence-corrected chi connectivity index (χ0v) is 13.7. The van der Waals surface area contributed by atoms with Gasteiger partial charge in [0.25, 0.3) is 5.91 Å². The molecule has 2 unspecified atom stereocenters. The molecular formula is C15H17BrN2OS. The van der Waals surface area contributed by atoms with E-state index >= 15 is 0 Å². The van der Waals surface area contributed by atoms with Crippen LogP contribution in [0.5, 0.6) is 0 Å². The zero-order chi connectivity index (χ0) is 14.3. The van der Waals surface area contributed by atoms with Gasteiger partial charge >= 0.3 is 0 Å². The number of nitrogen functional groups attached to an aromatic ring is 1. The topological polar surface area (TPSA) is 55.1 Å². The lowest BCUT2D eigenvalue weighted by molar-refractivity contribution is 0.0942. The molecule has 2 atom stereocenters. The van der Waals surface area contributed by atoms with Crippen LogP contribution in [0.3, 0.4) is 0 Å². The lowest BCUT2D eigenvalue weighted by Gasteiger charge is -2.11. The fraction of sp³-hybridized carbons (Fsp3) is 0.400. The average Bonchev–Trinajstić information content (AvgIpc) is 2.95. The first-order chi connectivity index (χ1) is 9.56. The van der Waals surface area contributed by atoms with Gasteiger partial charge in [-0.25, -0.2) is 0 Å². The van der Waals surface area contributed by atoms with Gasteiger partial charge in [-0.05, 0) is 37.3 Å². The van der Waals surface area contributed by atoms with Crippen molar-refractivity contribution in [2.45, 2.75) is 32.2 Å². The van der Waals surface area contributed by atoms with Crippen LogP contribution >= 0.6 is 27.3 Å². The molecule has 3 N–H and O–H groups in total. The fourth-order valence-corrected chi connectivity index (χ4v) is 4.65. The Labute approximate surface area is 130 Å². The highest BCUT2D eigenvalue weighted by molar-refractivity contribution is 9.10. The van der Waals surface area contributed by atoms with Gasteiger partial charge in [-0.15, -0.1) is 11.3 Å². The summed E-state index contributed by atoms with van der Waals surface area (Å²) in [5.74, 6) is 0.670. The largest absolute Gasteiger partial charge is 0.397 e. The van der Waals surface area contributed by atoms with Crippen molar-refractivity contribution in [3.63, 3.8) is 0 Å². The molecule has 1 saturated carbocycles. The number of rotatable bonds is 2. The molecule has 0 spiro atoms. The predicted octanol–water partition coefficient (Wildman–Crippen LogP) is 4.16. The normalized spacial score (nSPS) is 22.3. The molecule has 20 heavy (non-hydrogen) atoms. The molecule has 1 aromatic carbocycles. The lowest BCUT2D eigenvalue weighted by atomic mass is 10.1. The highest BCUT2D eigenvalue weighted by atomic mass is 79.9. The predicted molar refractivity (Wildman–Crippen MR) is 88.2 cm³/mol. The van der Waals surface area contributed by atoms with Crippen LogP contribution in [-0.4, -0.2) is 11.9 Å². The van der Waals surface area contributed by atoms with Gasteiger partial charge in [0.2, 0.25) is 0 Å². The van der Waals surface area contributed by atoms with E-state index in [-0.39, 0.29) is 5.91 Å². The molecule has 1 aromatic heterocycles. The van der Waals surface area contributed by atoms with E-state index in [0.29, 0.717) is 22.5 Å². The first-order valence-corrected chi connectivity index (χ1v) is 8.44. The standard InChI is InChI=1S/C15H17BrN2OS/c1-8-5-6-9(7-8)18-15(19)14-13(17)12-10(16)3-2-4-11(12)20-14/h2-4,8-9H,5-7,17H2,1H3,(H,18,19). The van der Waals surface area contributed by atoms with Gasteiger partial charge in [0, 0.05) is 20.6 Å². The summed E-state index contributed by atoms with van der Waals surface area (Å²) in [4.78, 5) is 13.0. The van der Waals surface area contributed by atoms with Crippen LogP contribution in [0.4, 0.5) is 5.69 Å². The summed E-state index contributed by atoms with van der Waals surface area (Å²) in [7, 11) is 0. The number of fused-ring (bicyclic) bond motifs is 1. The minimum absolute atomic E-state index is 0.0327. The van der Waals surface area contributed by atoms with E-state index in [2.05, 4.69) is 28.2 Å². The Morgan fingerprint density at radius 1 is 1.45 bits per heavy atom. The van der Waals surface area contributed by atoms with Gasteiger partial charge in [0.1, 0.15) is 4.88 Å². The molecule has 0 saturated heterocycles. The molecule has 2 aromatic rings. The quantitative estimate of drug-likeness (QED) is 0.852. The molecule has 3 rings (SSSR count). The third-order valence-electron chi connectivity index (χ3n) is 3.94. The number of hydrogen-bond acceptors (Lipinski definition) is 3. The van der Waals surface area contributed by atoms with Gasteiger partial charge in [-0.3, -0.25) is 4.79 Å². The van der Waals surface area contributed by atoms with Crippen molar-refractivity contribution in [2.75, 3.05) is 5.73 Å². The van der Waals surface area contributed by atoms with E-state index in [0.717, 1.165) is 27.4 Å². The number of thiophene rings is 1. The monoisotopic (exact) mass is 352 g/mol. The van der Waals surface area contributed by atoms with Crippen molar-refractivity contribution < 1.29 is 4.79 Å². The summed E-state index contributed by atoms with van der Waals surface area (Å²) in [5, 5.41) is 4.07. The molecular weight excluding hydrogens is 336 g/mol. The first-order valence-electron chi connectivity index (χ1n) is 6.83. The van der Waals surface area contributed by atoms with E-state index in [1.54, 1.807) is 0 Å². The Morgan fingerprint density at radius 3 is 2.90 bits per heavy atom. The van der Waals surface area contributed by atoms with E-state index in [9.17, 15) is 4.79 Å². The molecule has 0 radical (unpaired) electrons. The lowest BCUT2D eigenvalue weighted by Crippen LogP contribution is -2.32. The maximum Gasteiger partial charge on any atom is 0.263 e. The number of amides is 1. The summed E-state index contributed by atoms with van der Waals surface area (Å²) in [6.45, 7) is 2.23. The molecule has 106 valence electrons. The molecule has 5 heteroatoms. The van der Waals surface area contributed by atoms with E-state index in [1.807, 2.05) is 18.2 Å². The number of carbonyl (C=O) groups is 1. The van der Waals surface area contributed by atoms with E-state index in [1.165, 1.54) is 17.8 Å². The van der Waals surface area contributed by atoms with Crippen LogP contribution in [-0.2, 0) is 0 Å². The summed E-state index contributed by atoms with van der Waals surface area (Å²) in [6.07, 6.45) is 3.33. The highest BCUT2D eigenvalue weighted by Crippen LogP contribution is 2.38. The zero-order valence-electron chi connectivity index (χ0n) is 11.3. The number of hydrogen-bond donors (Lipinski definition) is 2. The first kappa shape index (κ1) is 13.9. The molecule has 0 bridgehead atoms. The van der Waals surface area contributed by atoms with Crippen LogP contribution < -0.4 is 11.1 Å². The summed E-state index contributed by atoms with van der Waals surface area (Å²) in [6, 6.07) is 6.20. The van der Waals surface area contributed by atoms with Crippen LogP contribution in [0.1, 0.15) is 35.9 Å². The van der Waals surface area contributed by atoms with Crippen molar-refractivity contribution in [3.8, 4) is 0 Å². The van der Waals surface area contributed by atoms with Crippen molar-refractivity contribution in [2.24, 2.45) is 5.92 Å². The smallest absolute Gasteiger partial charge is 0.263 e. The number of nitrogens with two attached hydrogens (primary N) is 1. The van der Waals surface area contributed by atoms with Gasteiger partial charge < -0.3 is 11.1 Å². The summed E-state index contributed by atoms with van der Waals surface area (Å²) < 4.78 is 1.99. The van der Waals surface area contributed by atoms with Crippen molar-refractivity contribution >= 4 is 48.9 Å². The fourth-order valence-electron chi connectivity index (χ4n) is 2.89. The molecule has 1 amide bonds. The van der Waals surface area contributed by atoms with Crippen LogP contribution in [0.2, 0.25) is 0 Å². The maximum absolute atomic E-state index is 12.4. The highest BCUT2D eigenvalue weighted by Gasteiger charge is 2.25. The average molecular weight is 353 g/mol. The molecule has 1 fully saturated rings. The van der Waals surface area contributed by atoms with Crippen molar-refractivity contribution in [1.29, 1.82) is 0 Å². The Kier molecular flexibility index (Phi) is 3.73. The second kappa shape index (κ2) is 5.37. The number of nitrogens with one attached hydrogen (secondary N) is 1. The van der Waals surface area contributed by atoms with Crippen LogP contribution in [0, 0.1) is 5.92 Å². The van der Waals surface area contributed by atoms with E-state index in [4.69, 9.17) is 5.73 Å². The molecule has 1 aliphatic rings. The number of carbonyl (C=O) groups excluding carboxylic acids is 1. The third kappa shape index (κ3) is 2.44. The van der Waals surface area contributed by atoms with Crippen molar-refractivity contribution in [1.82, 2.24) is 5.32 Å². The Bertz CT molecular complexity index is 667. The Balaban J connectivity index is 1.88. The number of anilines is 1. The second-order valence-electron chi connectivity index (χ2n) is 5.55. The van der Waals surface area contributed by atoms with Crippen molar-refractivity contribution in [3.05, 3.63) is 27.5 Å². The van der Waals surface area contributed by atoms with Gasteiger partial charge in [0.05, 0.1) is 5.69 Å². The second-order valence-corrected chi connectivity index (χ2v) is 7.45. The van der Waals surface area contributed by atoms with Gasteiger partial charge in [-0.1, -0.05) is 28.9 Å². The molecule has 3 nitrogen and oxygen atoms in total.